The molecule has 0 bridgehead atoms. The van der Waals surface area contributed by atoms with Crippen molar-refractivity contribution in [1.82, 2.24) is 4.57 Å². The highest BCUT2D eigenvalue weighted by Crippen LogP contribution is 2.44. The van der Waals surface area contributed by atoms with Gasteiger partial charge in [-0.25, -0.2) is 0 Å². The van der Waals surface area contributed by atoms with E-state index in [1.807, 2.05) is 0 Å². The first kappa shape index (κ1) is 18.4. The van der Waals surface area contributed by atoms with Gasteiger partial charge in [0.25, 0.3) is 0 Å². The summed E-state index contributed by atoms with van der Waals surface area (Å²) in [4.78, 5) is 0. The molecule has 2 aliphatic carbocycles. The van der Waals surface area contributed by atoms with Crippen LogP contribution in [-0.2, 0) is 6.42 Å². The van der Waals surface area contributed by atoms with Crippen molar-refractivity contribution >= 4 is 49.6 Å². The lowest BCUT2D eigenvalue weighted by atomic mass is 9.80. The molecule has 0 saturated carbocycles. The summed E-state index contributed by atoms with van der Waals surface area (Å²) in [6, 6.07) is 28.5. The SMILES string of the molecule is C1=CC2=Cc3c(oc4ccc5c(c6ccccc6n5-c5ccc6ccccc6c5)c34)CC2CC1. The van der Waals surface area contributed by atoms with Crippen LogP contribution in [0.15, 0.2) is 101 Å². The molecule has 2 aliphatic rings. The fourth-order valence-corrected chi connectivity index (χ4v) is 6.22. The second-order valence-electron chi connectivity index (χ2n) is 9.68. The molecule has 8 rings (SSSR count). The number of hydrogen-bond acceptors (Lipinski definition) is 1. The van der Waals surface area contributed by atoms with E-state index in [1.165, 1.54) is 67.6 Å². The minimum atomic E-state index is 0.590. The molecule has 0 amide bonds. The molecule has 0 saturated heterocycles. The van der Waals surface area contributed by atoms with Gasteiger partial charge in [-0.05, 0) is 71.5 Å². The largest absolute Gasteiger partial charge is 0.460 e. The summed E-state index contributed by atoms with van der Waals surface area (Å²) in [6.45, 7) is 0. The Morgan fingerprint density at radius 1 is 0.794 bits per heavy atom. The van der Waals surface area contributed by atoms with Crippen LogP contribution in [0.25, 0.3) is 55.3 Å². The average molecular weight is 438 g/mol. The molecule has 2 heterocycles. The van der Waals surface area contributed by atoms with Crippen LogP contribution in [0, 0.1) is 5.92 Å². The quantitative estimate of drug-likeness (QED) is 0.252. The summed E-state index contributed by atoms with van der Waals surface area (Å²) < 4.78 is 8.90. The molecule has 2 heteroatoms. The topological polar surface area (TPSA) is 18.1 Å². The third-order valence-corrected chi connectivity index (χ3v) is 7.80. The highest BCUT2D eigenvalue weighted by molar-refractivity contribution is 6.22. The van der Waals surface area contributed by atoms with Crippen LogP contribution < -0.4 is 0 Å². The Balaban J connectivity index is 1.49. The van der Waals surface area contributed by atoms with Gasteiger partial charge in [0.1, 0.15) is 11.3 Å². The Morgan fingerprint density at radius 2 is 1.68 bits per heavy atom. The van der Waals surface area contributed by atoms with Crippen molar-refractivity contribution in [2.75, 3.05) is 0 Å². The maximum Gasteiger partial charge on any atom is 0.135 e. The molecule has 0 N–H and O–H groups in total. The van der Waals surface area contributed by atoms with Gasteiger partial charge in [-0.1, -0.05) is 60.7 Å². The smallest absolute Gasteiger partial charge is 0.135 e. The zero-order valence-corrected chi connectivity index (χ0v) is 18.8. The molecule has 2 nitrogen and oxygen atoms in total. The Kier molecular flexibility index (Phi) is 3.65. The minimum Gasteiger partial charge on any atom is -0.460 e. The first-order valence-electron chi connectivity index (χ1n) is 12.2. The Morgan fingerprint density at radius 3 is 2.65 bits per heavy atom. The van der Waals surface area contributed by atoms with Crippen molar-refractivity contribution in [3.05, 3.63) is 108 Å². The van der Waals surface area contributed by atoms with E-state index in [1.54, 1.807) is 0 Å². The molecular weight excluding hydrogens is 414 g/mol. The lowest BCUT2D eigenvalue weighted by molar-refractivity contribution is 0.469. The van der Waals surface area contributed by atoms with Crippen LogP contribution >= 0.6 is 0 Å². The number of furan rings is 1. The fraction of sp³-hybridized carbons (Fsp3) is 0.125. The van der Waals surface area contributed by atoms with Crippen molar-refractivity contribution in [3.8, 4) is 5.69 Å². The van der Waals surface area contributed by atoms with E-state index in [0.29, 0.717) is 5.92 Å². The number of benzene rings is 4. The lowest BCUT2D eigenvalue weighted by Crippen LogP contribution is -2.13. The predicted molar refractivity (Wildman–Crippen MR) is 142 cm³/mol. The van der Waals surface area contributed by atoms with E-state index < -0.39 is 0 Å². The summed E-state index contributed by atoms with van der Waals surface area (Å²) in [5.41, 5.74) is 7.38. The molecule has 2 aromatic heterocycles. The summed E-state index contributed by atoms with van der Waals surface area (Å²) >= 11 is 0. The van der Waals surface area contributed by atoms with Crippen molar-refractivity contribution in [2.24, 2.45) is 5.92 Å². The van der Waals surface area contributed by atoms with Gasteiger partial charge in [0, 0.05) is 33.8 Å². The second-order valence-corrected chi connectivity index (χ2v) is 9.68. The number of nitrogens with zero attached hydrogens (tertiary/aromatic N) is 1. The first-order chi connectivity index (χ1) is 16.8. The van der Waals surface area contributed by atoms with Gasteiger partial charge >= 0.3 is 0 Å². The van der Waals surface area contributed by atoms with E-state index in [4.69, 9.17) is 4.42 Å². The lowest BCUT2D eigenvalue weighted by Gasteiger charge is -2.24. The molecule has 162 valence electrons. The van der Waals surface area contributed by atoms with E-state index >= 15 is 0 Å². The van der Waals surface area contributed by atoms with E-state index in [-0.39, 0.29) is 0 Å². The third kappa shape index (κ3) is 2.46. The Labute approximate surface area is 197 Å². The number of fused-ring (bicyclic) bond motifs is 9. The summed E-state index contributed by atoms with van der Waals surface area (Å²) in [6.07, 6.45) is 10.4. The van der Waals surface area contributed by atoms with Crippen molar-refractivity contribution in [2.45, 2.75) is 19.3 Å². The highest BCUT2D eigenvalue weighted by Gasteiger charge is 2.28. The zero-order valence-electron chi connectivity index (χ0n) is 18.8. The molecule has 0 aliphatic heterocycles. The second kappa shape index (κ2) is 6.74. The first-order valence-corrected chi connectivity index (χ1v) is 12.2. The minimum absolute atomic E-state index is 0.590. The van der Waals surface area contributed by atoms with Gasteiger partial charge in [0.2, 0.25) is 0 Å². The standard InChI is InChI=1S/C32H23NO/c1-2-8-21-17-24(14-13-20(21)7-1)33-27-12-6-5-11-25(27)31-28(33)15-16-29-32(31)26-18-22-9-3-4-10-23(22)19-30(26)34-29/h1-3,5-9,11-18,23H,4,10,19H2. The molecule has 4 aromatic carbocycles. The van der Waals surface area contributed by atoms with Crippen molar-refractivity contribution < 1.29 is 4.42 Å². The molecule has 0 radical (unpaired) electrons. The monoisotopic (exact) mass is 437 g/mol. The zero-order chi connectivity index (χ0) is 22.2. The molecule has 1 unspecified atom stereocenters. The number of allylic oxidation sites excluding steroid dienone is 3. The fourth-order valence-electron chi connectivity index (χ4n) is 6.22. The summed E-state index contributed by atoms with van der Waals surface area (Å²) in [7, 11) is 0. The predicted octanol–water partition coefficient (Wildman–Crippen LogP) is 8.59. The maximum atomic E-state index is 6.49. The van der Waals surface area contributed by atoms with Crippen LogP contribution in [0.1, 0.15) is 24.2 Å². The van der Waals surface area contributed by atoms with E-state index in [2.05, 4.69) is 102 Å². The molecule has 1 atom stereocenters. The van der Waals surface area contributed by atoms with Gasteiger partial charge in [-0.3, -0.25) is 0 Å². The molecule has 34 heavy (non-hydrogen) atoms. The summed E-state index contributed by atoms with van der Waals surface area (Å²) in [5.74, 6) is 1.74. The normalized spacial score (nSPS) is 17.4. The number of para-hydroxylation sites is 1. The number of rotatable bonds is 1. The molecule has 6 aromatic rings. The van der Waals surface area contributed by atoms with Gasteiger partial charge < -0.3 is 8.98 Å². The Hall–Kier alpha value is -4.04. The third-order valence-electron chi connectivity index (χ3n) is 7.80. The van der Waals surface area contributed by atoms with Gasteiger partial charge in [-0.2, -0.15) is 0 Å². The number of aromatic nitrogens is 1. The maximum absolute atomic E-state index is 6.49. The van der Waals surface area contributed by atoms with Crippen LogP contribution in [0.2, 0.25) is 0 Å². The van der Waals surface area contributed by atoms with Crippen LogP contribution in [0.3, 0.4) is 0 Å². The van der Waals surface area contributed by atoms with Crippen molar-refractivity contribution in [1.29, 1.82) is 0 Å². The van der Waals surface area contributed by atoms with E-state index in [9.17, 15) is 0 Å². The highest BCUT2D eigenvalue weighted by atomic mass is 16.3. The summed E-state index contributed by atoms with van der Waals surface area (Å²) in [5, 5.41) is 6.35. The van der Waals surface area contributed by atoms with Crippen LogP contribution in [0.4, 0.5) is 0 Å². The Bertz CT molecular complexity index is 1840. The molecule has 0 fully saturated rings. The molecule has 0 spiro atoms. The van der Waals surface area contributed by atoms with Gasteiger partial charge in [-0.15, -0.1) is 0 Å². The van der Waals surface area contributed by atoms with E-state index in [0.717, 1.165) is 17.8 Å². The average Bonchev–Trinajstić information content (AvgIpc) is 3.42. The van der Waals surface area contributed by atoms with Crippen LogP contribution in [0.5, 0.6) is 0 Å². The van der Waals surface area contributed by atoms with Crippen LogP contribution in [-0.4, -0.2) is 4.57 Å². The van der Waals surface area contributed by atoms with Crippen molar-refractivity contribution in [3.63, 3.8) is 0 Å². The molecular formula is C32H23NO. The van der Waals surface area contributed by atoms with Gasteiger partial charge in [0.05, 0.1) is 11.0 Å². The number of hydrogen-bond donors (Lipinski definition) is 0. The van der Waals surface area contributed by atoms with Gasteiger partial charge in [0.15, 0.2) is 0 Å².